The van der Waals surface area contributed by atoms with E-state index in [0.717, 1.165) is 6.42 Å². The van der Waals surface area contributed by atoms with Crippen LogP contribution < -0.4 is 0 Å². The van der Waals surface area contributed by atoms with Crippen molar-refractivity contribution in [3.8, 4) is 0 Å². The number of rotatable bonds is 3. The second-order valence-electron chi connectivity index (χ2n) is 2.66. The number of hydrogen-bond acceptors (Lipinski definition) is 2. The standard InChI is InChI=1S/C8H17NS/c1-5-7-9(4)8(3,10)6-2/h5,7,10H,6H2,1-4H3/b7-5-. The molecule has 0 saturated carbocycles. The third kappa shape index (κ3) is 2.65. The van der Waals surface area contributed by atoms with Crippen LogP contribution in [0.15, 0.2) is 12.3 Å². The summed E-state index contributed by atoms with van der Waals surface area (Å²) in [5, 5.41) is 0. The first-order valence-electron chi connectivity index (χ1n) is 3.62. The smallest absolute Gasteiger partial charge is 0.0792 e. The zero-order chi connectivity index (χ0) is 8.20. The fourth-order valence-corrected chi connectivity index (χ4v) is 0.700. The monoisotopic (exact) mass is 159 g/mol. The molecule has 0 aromatic carbocycles. The molecule has 10 heavy (non-hydrogen) atoms. The molecule has 0 fully saturated rings. The maximum atomic E-state index is 4.49. The molecule has 0 heterocycles. The van der Waals surface area contributed by atoms with E-state index in [2.05, 4.69) is 31.4 Å². The molecule has 0 rings (SSSR count). The molecule has 0 radical (unpaired) electrons. The number of nitrogens with zero attached hydrogens (tertiary/aromatic N) is 1. The van der Waals surface area contributed by atoms with Crippen molar-refractivity contribution in [2.24, 2.45) is 0 Å². The molecule has 1 nitrogen and oxygen atoms in total. The van der Waals surface area contributed by atoms with Crippen molar-refractivity contribution in [1.82, 2.24) is 4.90 Å². The Morgan fingerprint density at radius 1 is 1.60 bits per heavy atom. The molecule has 0 aliphatic rings. The SMILES string of the molecule is C/C=C\N(C)C(C)(S)CC. The average molecular weight is 159 g/mol. The van der Waals surface area contributed by atoms with Crippen LogP contribution in [0.4, 0.5) is 0 Å². The van der Waals surface area contributed by atoms with Crippen molar-refractivity contribution < 1.29 is 0 Å². The Labute approximate surface area is 69.5 Å². The Bertz CT molecular complexity index is 118. The zero-order valence-corrected chi connectivity index (χ0v) is 8.15. The van der Waals surface area contributed by atoms with Gasteiger partial charge in [0.2, 0.25) is 0 Å². The first kappa shape index (κ1) is 9.89. The van der Waals surface area contributed by atoms with Crippen molar-refractivity contribution in [3.05, 3.63) is 12.3 Å². The molecule has 0 aromatic rings. The molecule has 0 saturated heterocycles. The van der Waals surface area contributed by atoms with E-state index in [1.807, 2.05) is 26.2 Å². The lowest BCUT2D eigenvalue weighted by Crippen LogP contribution is -2.33. The molecule has 0 aromatic heterocycles. The van der Waals surface area contributed by atoms with E-state index >= 15 is 0 Å². The van der Waals surface area contributed by atoms with E-state index in [9.17, 15) is 0 Å². The Hall–Kier alpha value is -0.110. The quantitative estimate of drug-likeness (QED) is 0.489. The largest absolute Gasteiger partial charge is 0.367 e. The van der Waals surface area contributed by atoms with E-state index in [0.29, 0.717) is 0 Å². The minimum Gasteiger partial charge on any atom is -0.367 e. The molecular formula is C8H17NS. The Kier molecular flexibility index (Phi) is 3.87. The fraction of sp³-hybridized carbons (Fsp3) is 0.750. The van der Waals surface area contributed by atoms with Crippen molar-refractivity contribution in [1.29, 1.82) is 0 Å². The predicted octanol–water partition coefficient (Wildman–Crippen LogP) is 2.51. The molecule has 0 bridgehead atoms. The fourth-order valence-electron chi connectivity index (χ4n) is 0.634. The van der Waals surface area contributed by atoms with Crippen LogP contribution in [0.1, 0.15) is 27.2 Å². The van der Waals surface area contributed by atoms with E-state index in [1.54, 1.807) is 0 Å². The highest BCUT2D eigenvalue weighted by Crippen LogP contribution is 2.21. The van der Waals surface area contributed by atoms with Crippen LogP contribution in [0.5, 0.6) is 0 Å². The Morgan fingerprint density at radius 2 is 2.10 bits per heavy atom. The highest BCUT2D eigenvalue weighted by molar-refractivity contribution is 7.81. The topological polar surface area (TPSA) is 3.24 Å². The Balaban J connectivity index is 4.03. The maximum Gasteiger partial charge on any atom is 0.0792 e. The summed E-state index contributed by atoms with van der Waals surface area (Å²) in [5.41, 5.74) is 0. The van der Waals surface area contributed by atoms with E-state index in [-0.39, 0.29) is 4.87 Å². The second kappa shape index (κ2) is 3.91. The molecule has 1 unspecified atom stereocenters. The van der Waals surface area contributed by atoms with Crippen LogP contribution in [-0.4, -0.2) is 16.8 Å². The summed E-state index contributed by atoms with van der Waals surface area (Å²) in [6.45, 7) is 6.25. The predicted molar refractivity (Wildman–Crippen MR) is 50.3 cm³/mol. The van der Waals surface area contributed by atoms with Crippen LogP contribution in [0.3, 0.4) is 0 Å². The van der Waals surface area contributed by atoms with Gasteiger partial charge in [0.1, 0.15) is 0 Å². The van der Waals surface area contributed by atoms with Crippen LogP contribution in [-0.2, 0) is 0 Å². The van der Waals surface area contributed by atoms with Gasteiger partial charge in [-0.05, 0) is 26.5 Å². The average Bonchev–Trinajstić information content (AvgIpc) is 1.89. The van der Waals surface area contributed by atoms with Crippen LogP contribution >= 0.6 is 12.6 Å². The van der Waals surface area contributed by atoms with Crippen LogP contribution in [0.25, 0.3) is 0 Å². The number of hydrogen-bond donors (Lipinski definition) is 1. The first-order chi connectivity index (χ1) is 4.54. The Morgan fingerprint density at radius 3 is 2.40 bits per heavy atom. The van der Waals surface area contributed by atoms with Gasteiger partial charge in [-0.2, -0.15) is 12.6 Å². The molecule has 0 N–H and O–H groups in total. The lowest BCUT2D eigenvalue weighted by atomic mass is 10.2. The third-order valence-electron chi connectivity index (χ3n) is 1.80. The summed E-state index contributed by atoms with van der Waals surface area (Å²) in [7, 11) is 2.04. The molecule has 1 atom stereocenters. The van der Waals surface area contributed by atoms with Crippen LogP contribution in [0, 0.1) is 0 Å². The normalized spacial score (nSPS) is 17.3. The molecular weight excluding hydrogens is 142 g/mol. The van der Waals surface area contributed by atoms with Crippen molar-refractivity contribution >= 4 is 12.6 Å². The molecule has 60 valence electrons. The summed E-state index contributed by atoms with van der Waals surface area (Å²) in [5.74, 6) is 0. The summed E-state index contributed by atoms with van der Waals surface area (Å²) in [4.78, 5) is 2.10. The van der Waals surface area contributed by atoms with Gasteiger partial charge in [0.05, 0.1) is 4.87 Å². The number of thiol groups is 1. The van der Waals surface area contributed by atoms with E-state index < -0.39 is 0 Å². The maximum absolute atomic E-state index is 4.49. The van der Waals surface area contributed by atoms with Gasteiger partial charge in [-0.1, -0.05) is 13.0 Å². The molecule has 0 spiro atoms. The lowest BCUT2D eigenvalue weighted by Gasteiger charge is -2.32. The minimum atomic E-state index is -0.00743. The van der Waals surface area contributed by atoms with Gasteiger partial charge in [-0.15, -0.1) is 0 Å². The van der Waals surface area contributed by atoms with Crippen molar-refractivity contribution in [2.75, 3.05) is 7.05 Å². The van der Waals surface area contributed by atoms with Gasteiger partial charge in [-0.25, -0.2) is 0 Å². The summed E-state index contributed by atoms with van der Waals surface area (Å²) >= 11 is 4.49. The summed E-state index contributed by atoms with van der Waals surface area (Å²) in [6.07, 6.45) is 5.09. The highest BCUT2D eigenvalue weighted by Gasteiger charge is 2.18. The first-order valence-corrected chi connectivity index (χ1v) is 4.07. The molecule has 0 amide bonds. The van der Waals surface area contributed by atoms with Gasteiger partial charge in [0, 0.05) is 7.05 Å². The second-order valence-corrected chi connectivity index (χ2v) is 3.63. The number of allylic oxidation sites excluding steroid dienone is 1. The summed E-state index contributed by atoms with van der Waals surface area (Å²) in [6, 6.07) is 0. The molecule has 2 heteroatoms. The van der Waals surface area contributed by atoms with Gasteiger partial charge in [0.25, 0.3) is 0 Å². The van der Waals surface area contributed by atoms with Crippen LogP contribution in [0.2, 0.25) is 0 Å². The van der Waals surface area contributed by atoms with Crippen molar-refractivity contribution in [3.63, 3.8) is 0 Å². The lowest BCUT2D eigenvalue weighted by molar-refractivity contribution is 0.307. The van der Waals surface area contributed by atoms with E-state index in [4.69, 9.17) is 0 Å². The zero-order valence-electron chi connectivity index (χ0n) is 7.26. The minimum absolute atomic E-state index is 0.00743. The van der Waals surface area contributed by atoms with Crippen molar-refractivity contribution in [2.45, 2.75) is 32.1 Å². The van der Waals surface area contributed by atoms with Gasteiger partial charge < -0.3 is 4.90 Å². The van der Waals surface area contributed by atoms with E-state index in [1.165, 1.54) is 0 Å². The van der Waals surface area contributed by atoms with Gasteiger partial charge in [0.15, 0.2) is 0 Å². The summed E-state index contributed by atoms with van der Waals surface area (Å²) < 4.78 is 0. The van der Waals surface area contributed by atoms with Gasteiger partial charge in [-0.3, -0.25) is 0 Å². The molecule has 0 aliphatic carbocycles. The van der Waals surface area contributed by atoms with Gasteiger partial charge >= 0.3 is 0 Å². The highest BCUT2D eigenvalue weighted by atomic mass is 32.1. The molecule has 0 aliphatic heterocycles. The third-order valence-corrected chi connectivity index (χ3v) is 2.43.